The Hall–Kier alpha value is -3.29. The number of ether oxygens (including phenoxy) is 1. The summed E-state index contributed by atoms with van der Waals surface area (Å²) in [6, 6.07) is 20.3. The van der Waals surface area contributed by atoms with Crippen LogP contribution in [0.4, 0.5) is 0 Å². The van der Waals surface area contributed by atoms with Gasteiger partial charge in [0.2, 0.25) is 11.8 Å². The highest BCUT2D eigenvalue weighted by molar-refractivity contribution is 5.82. The first-order valence-corrected chi connectivity index (χ1v) is 12.8. The van der Waals surface area contributed by atoms with E-state index in [1.165, 1.54) is 5.56 Å². The monoisotopic (exact) mass is 488 g/mol. The lowest BCUT2D eigenvalue weighted by atomic mass is 10.1. The average molecular weight is 489 g/mol. The van der Waals surface area contributed by atoms with E-state index in [0.29, 0.717) is 45.8 Å². The van der Waals surface area contributed by atoms with Crippen LogP contribution in [0.1, 0.15) is 25.0 Å². The second-order valence-electron chi connectivity index (χ2n) is 9.23. The molecule has 1 aromatic heterocycles. The Morgan fingerprint density at radius 1 is 1.03 bits per heavy atom. The first kappa shape index (κ1) is 25.8. The largest absolute Gasteiger partial charge is 0.365 e. The molecule has 4 rings (SSSR count). The average Bonchev–Trinajstić information content (AvgIpc) is 3.05. The third-order valence-electron chi connectivity index (χ3n) is 6.80. The molecule has 2 heterocycles. The molecule has 0 N–H and O–H groups in total. The van der Waals surface area contributed by atoms with E-state index < -0.39 is 0 Å². The van der Waals surface area contributed by atoms with E-state index in [-0.39, 0.29) is 24.5 Å². The summed E-state index contributed by atoms with van der Waals surface area (Å²) in [6.45, 7) is 7.90. The SMILES string of the molecule is CCN(CC)C(=O)COC1CN(Cc2ccnc3ccccc23)CC(=O)N(CCc2ccccc2)C1. The Morgan fingerprint density at radius 2 is 1.78 bits per heavy atom. The normalized spacial score (nSPS) is 16.8. The summed E-state index contributed by atoms with van der Waals surface area (Å²) in [5.74, 6) is 0.0727. The minimum atomic E-state index is -0.250. The molecule has 1 saturated heterocycles. The molecular formula is C29H36N4O3. The van der Waals surface area contributed by atoms with Crippen LogP contribution in [0.3, 0.4) is 0 Å². The third kappa shape index (κ3) is 6.68. The summed E-state index contributed by atoms with van der Waals surface area (Å²) in [4.78, 5) is 36.2. The number of carbonyl (C=O) groups excluding carboxylic acids is 2. The molecule has 0 saturated carbocycles. The van der Waals surface area contributed by atoms with Crippen molar-refractivity contribution in [1.82, 2.24) is 19.7 Å². The van der Waals surface area contributed by atoms with E-state index in [1.807, 2.05) is 67.4 Å². The number of rotatable bonds is 10. The predicted octanol–water partition coefficient (Wildman–Crippen LogP) is 3.38. The van der Waals surface area contributed by atoms with E-state index in [4.69, 9.17) is 4.74 Å². The van der Waals surface area contributed by atoms with Gasteiger partial charge in [-0.1, -0.05) is 48.5 Å². The Kier molecular flexibility index (Phi) is 9.03. The zero-order chi connectivity index (χ0) is 25.3. The molecule has 0 bridgehead atoms. The van der Waals surface area contributed by atoms with Crippen LogP contribution < -0.4 is 0 Å². The lowest BCUT2D eigenvalue weighted by Crippen LogP contribution is -2.41. The molecule has 3 aromatic rings. The molecule has 1 unspecified atom stereocenters. The quantitative estimate of drug-likeness (QED) is 0.438. The van der Waals surface area contributed by atoms with Gasteiger partial charge in [-0.25, -0.2) is 0 Å². The van der Waals surface area contributed by atoms with E-state index in [1.54, 1.807) is 4.90 Å². The summed E-state index contributed by atoms with van der Waals surface area (Å²) in [5, 5.41) is 1.09. The van der Waals surface area contributed by atoms with Crippen molar-refractivity contribution >= 4 is 22.7 Å². The van der Waals surface area contributed by atoms with Crippen molar-refractivity contribution in [1.29, 1.82) is 0 Å². The minimum Gasteiger partial charge on any atom is -0.365 e. The number of nitrogens with zero attached hydrogens (tertiary/aromatic N) is 4. The fourth-order valence-corrected chi connectivity index (χ4v) is 4.79. The smallest absolute Gasteiger partial charge is 0.248 e. The second-order valence-corrected chi connectivity index (χ2v) is 9.23. The van der Waals surface area contributed by atoms with Crippen LogP contribution in [-0.2, 0) is 27.3 Å². The molecule has 2 amide bonds. The highest BCUT2D eigenvalue weighted by atomic mass is 16.5. The number of carbonyl (C=O) groups is 2. The number of aromatic nitrogens is 1. The molecule has 1 aliphatic rings. The fraction of sp³-hybridized carbons (Fsp3) is 0.414. The molecule has 1 atom stereocenters. The standard InChI is InChI=1S/C29H36N4O3/c1-3-32(4-2)29(35)22-36-25-19-31(18-24-14-16-30-27-13-9-8-12-26(24)27)21-28(34)33(20-25)17-15-23-10-6-5-7-11-23/h5-14,16,25H,3-4,15,17-22H2,1-2H3. The Morgan fingerprint density at radius 3 is 2.56 bits per heavy atom. The summed E-state index contributed by atoms with van der Waals surface area (Å²) in [6.07, 6.45) is 2.35. The van der Waals surface area contributed by atoms with Gasteiger partial charge in [0.15, 0.2) is 0 Å². The van der Waals surface area contributed by atoms with Crippen LogP contribution in [0.15, 0.2) is 66.9 Å². The summed E-state index contributed by atoms with van der Waals surface area (Å²) >= 11 is 0. The van der Waals surface area contributed by atoms with Gasteiger partial charge in [-0.3, -0.25) is 19.5 Å². The van der Waals surface area contributed by atoms with Crippen LogP contribution in [-0.4, -0.2) is 83.5 Å². The van der Waals surface area contributed by atoms with Crippen molar-refractivity contribution < 1.29 is 14.3 Å². The van der Waals surface area contributed by atoms with Crippen LogP contribution in [0.25, 0.3) is 10.9 Å². The molecule has 0 radical (unpaired) electrons. The maximum atomic E-state index is 13.3. The van der Waals surface area contributed by atoms with Gasteiger partial charge in [-0.2, -0.15) is 0 Å². The molecule has 2 aromatic carbocycles. The van der Waals surface area contributed by atoms with Gasteiger partial charge in [0, 0.05) is 50.9 Å². The first-order valence-electron chi connectivity index (χ1n) is 12.8. The minimum absolute atomic E-state index is 0.0157. The molecule has 7 heteroatoms. The van der Waals surface area contributed by atoms with Gasteiger partial charge in [0.25, 0.3) is 0 Å². The van der Waals surface area contributed by atoms with Crippen LogP contribution >= 0.6 is 0 Å². The Balaban J connectivity index is 1.50. The number of pyridine rings is 1. The van der Waals surface area contributed by atoms with Gasteiger partial charge in [-0.15, -0.1) is 0 Å². The van der Waals surface area contributed by atoms with E-state index in [0.717, 1.165) is 22.9 Å². The van der Waals surface area contributed by atoms with Crippen molar-refractivity contribution in [3.63, 3.8) is 0 Å². The van der Waals surface area contributed by atoms with Crippen molar-refractivity contribution in [3.8, 4) is 0 Å². The van der Waals surface area contributed by atoms with Crippen molar-refractivity contribution in [3.05, 3.63) is 78.0 Å². The summed E-state index contributed by atoms with van der Waals surface area (Å²) in [7, 11) is 0. The summed E-state index contributed by atoms with van der Waals surface area (Å²) < 4.78 is 6.16. The van der Waals surface area contributed by atoms with E-state index in [2.05, 4.69) is 28.1 Å². The van der Waals surface area contributed by atoms with Crippen molar-refractivity contribution in [2.45, 2.75) is 32.9 Å². The third-order valence-corrected chi connectivity index (χ3v) is 6.80. The lowest BCUT2D eigenvalue weighted by molar-refractivity contribution is -0.138. The molecule has 36 heavy (non-hydrogen) atoms. The highest BCUT2D eigenvalue weighted by Crippen LogP contribution is 2.20. The second kappa shape index (κ2) is 12.6. The van der Waals surface area contributed by atoms with Crippen LogP contribution in [0, 0.1) is 0 Å². The fourth-order valence-electron chi connectivity index (χ4n) is 4.79. The van der Waals surface area contributed by atoms with E-state index >= 15 is 0 Å². The first-order chi connectivity index (χ1) is 17.6. The van der Waals surface area contributed by atoms with Gasteiger partial charge >= 0.3 is 0 Å². The molecule has 0 aliphatic carbocycles. The molecule has 1 fully saturated rings. The topological polar surface area (TPSA) is 66.0 Å². The predicted molar refractivity (Wildman–Crippen MR) is 141 cm³/mol. The molecule has 0 spiro atoms. The maximum absolute atomic E-state index is 13.3. The zero-order valence-corrected chi connectivity index (χ0v) is 21.3. The number of likely N-dealkylation sites (N-methyl/N-ethyl adjacent to an activating group) is 1. The van der Waals surface area contributed by atoms with Gasteiger partial charge in [0.1, 0.15) is 6.61 Å². The van der Waals surface area contributed by atoms with Crippen molar-refractivity contribution in [2.75, 3.05) is 45.9 Å². The maximum Gasteiger partial charge on any atom is 0.248 e. The molecule has 190 valence electrons. The molecule has 1 aliphatic heterocycles. The number of hydrogen-bond donors (Lipinski definition) is 0. The number of amides is 2. The van der Waals surface area contributed by atoms with Crippen LogP contribution in [0.5, 0.6) is 0 Å². The number of fused-ring (bicyclic) bond motifs is 1. The van der Waals surface area contributed by atoms with Gasteiger partial charge in [0.05, 0.1) is 18.2 Å². The Bertz CT molecular complexity index is 1140. The number of benzene rings is 2. The zero-order valence-electron chi connectivity index (χ0n) is 21.3. The van der Waals surface area contributed by atoms with Crippen LogP contribution in [0.2, 0.25) is 0 Å². The highest BCUT2D eigenvalue weighted by Gasteiger charge is 2.29. The van der Waals surface area contributed by atoms with Gasteiger partial charge in [-0.05, 0) is 43.5 Å². The summed E-state index contributed by atoms with van der Waals surface area (Å²) in [5.41, 5.74) is 3.27. The Labute approximate surface area is 213 Å². The number of para-hydroxylation sites is 1. The van der Waals surface area contributed by atoms with Gasteiger partial charge < -0.3 is 14.5 Å². The molecular weight excluding hydrogens is 452 g/mol. The number of hydrogen-bond acceptors (Lipinski definition) is 5. The van der Waals surface area contributed by atoms with E-state index in [9.17, 15) is 9.59 Å². The van der Waals surface area contributed by atoms with Crippen molar-refractivity contribution in [2.24, 2.45) is 0 Å². The lowest BCUT2D eigenvalue weighted by Gasteiger charge is -2.26. The molecule has 7 nitrogen and oxygen atoms in total.